The minimum absolute atomic E-state index is 0.0400. The van der Waals surface area contributed by atoms with Gasteiger partial charge in [0.2, 0.25) is 0 Å². The molecule has 1 aromatic heterocycles. The molecular formula is C14H24ClN3O. The van der Waals surface area contributed by atoms with Crippen molar-refractivity contribution in [3.63, 3.8) is 0 Å². The lowest BCUT2D eigenvalue weighted by atomic mass is 9.90. The zero-order chi connectivity index (χ0) is 14.7. The number of aromatic nitrogens is 2. The third-order valence-corrected chi connectivity index (χ3v) is 3.26. The molecule has 0 fully saturated rings. The average molecular weight is 286 g/mol. The summed E-state index contributed by atoms with van der Waals surface area (Å²) in [6.45, 7) is 10.9. The van der Waals surface area contributed by atoms with E-state index in [9.17, 15) is 4.79 Å². The Kier molecular flexibility index (Phi) is 5.02. The molecule has 4 nitrogen and oxygen atoms in total. The Balaban J connectivity index is 2.90. The van der Waals surface area contributed by atoms with E-state index in [0.29, 0.717) is 18.2 Å². The minimum Gasteiger partial charge on any atom is -0.365 e. The van der Waals surface area contributed by atoms with E-state index in [1.807, 2.05) is 20.8 Å². The van der Waals surface area contributed by atoms with Crippen LogP contribution in [0.2, 0.25) is 0 Å². The summed E-state index contributed by atoms with van der Waals surface area (Å²) < 4.78 is 1.69. The van der Waals surface area contributed by atoms with Crippen molar-refractivity contribution in [2.24, 2.45) is 5.41 Å². The maximum atomic E-state index is 12.3. The number of alkyl halides is 1. The Morgan fingerprint density at radius 2 is 1.95 bits per heavy atom. The summed E-state index contributed by atoms with van der Waals surface area (Å²) in [4.78, 5) is 16.4. The molecule has 0 spiro atoms. The highest BCUT2D eigenvalue weighted by Gasteiger charge is 2.20. The lowest BCUT2D eigenvalue weighted by molar-refractivity contribution is 0.373. The molecule has 0 amide bonds. The number of rotatable bonds is 5. The van der Waals surface area contributed by atoms with Gasteiger partial charge in [-0.05, 0) is 32.6 Å². The maximum absolute atomic E-state index is 12.3. The maximum Gasteiger partial charge on any atom is 0.293 e. The zero-order valence-corrected chi connectivity index (χ0v) is 13.2. The topological polar surface area (TPSA) is 46.9 Å². The minimum atomic E-state index is -0.248. The molecule has 0 unspecified atom stereocenters. The highest BCUT2D eigenvalue weighted by atomic mass is 35.5. The predicted octanol–water partition coefficient (Wildman–Crippen LogP) is 3.07. The Morgan fingerprint density at radius 3 is 2.47 bits per heavy atom. The number of nitrogens with one attached hydrogen (secondary N) is 1. The molecule has 0 radical (unpaired) electrons. The van der Waals surface area contributed by atoms with E-state index in [0.717, 1.165) is 6.42 Å². The lowest BCUT2D eigenvalue weighted by Crippen LogP contribution is -2.36. The van der Waals surface area contributed by atoms with E-state index in [4.69, 9.17) is 11.6 Å². The first-order valence-electron chi connectivity index (χ1n) is 6.55. The first-order chi connectivity index (χ1) is 8.67. The molecule has 0 saturated carbocycles. The van der Waals surface area contributed by atoms with Crippen LogP contribution in [0.3, 0.4) is 0 Å². The van der Waals surface area contributed by atoms with Crippen molar-refractivity contribution in [1.29, 1.82) is 0 Å². The number of hydrogen-bond donors (Lipinski definition) is 1. The van der Waals surface area contributed by atoms with Crippen LogP contribution in [0, 0.1) is 5.41 Å². The van der Waals surface area contributed by atoms with E-state index in [1.165, 1.54) is 0 Å². The molecule has 0 saturated heterocycles. The van der Waals surface area contributed by atoms with Crippen molar-refractivity contribution in [3.8, 4) is 0 Å². The summed E-state index contributed by atoms with van der Waals surface area (Å²) in [5.41, 5.74) is -0.294. The van der Waals surface area contributed by atoms with E-state index >= 15 is 0 Å². The fourth-order valence-corrected chi connectivity index (χ4v) is 2.24. The van der Waals surface area contributed by atoms with Gasteiger partial charge in [-0.2, -0.15) is 0 Å². The van der Waals surface area contributed by atoms with Gasteiger partial charge >= 0.3 is 0 Å². The third-order valence-electron chi connectivity index (χ3n) is 3.07. The number of nitrogens with zero attached hydrogens (tertiary/aromatic N) is 2. The van der Waals surface area contributed by atoms with Crippen molar-refractivity contribution in [1.82, 2.24) is 9.55 Å². The van der Waals surface area contributed by atoms with E-state index < -0.39 is 0 Å². The molecule has 0 atom stereocenters. The second-order valence-electron chi connectivity index (χ2n) is 6.58. The Hall–Kier alpha value is -1.03. The van der Waals surface area contributed by atoms with Gasteiger partial charge in [0.15, 0.2) is 5.82 Å². The van der Waals surface area contributed by atoms with Crippen molar-refractivity contribution < 1.29 is 0 Å². The van der Waals surface area contributed by atoms with Crippen molar-refractivity contribution in [2.75, 3.05) is 17.7 Å². The van der Waals surface area contributed by atoms with Crippen LogP contribution in [-0.4, -0.2) is 22.0 Å². The van der Waals surface area contributed by atoms with Gasteiger partial charge in [-0.25, -0.2) is 4.98 Å². The quantitative estimate of drug-likeness (QED) is 0.846. The highest BCUT2D eigenvalue weighted by Crippen LogP contribution is 2.20. The van der Waals surface area contributed by atoms with Crippen LogP contribution in [0.15, 0.2) is 17.2 Å². The Labute approximate surface area is 120 Å². The molecule has 5 heteroatoms. The van der Waals surface area contributed by atoms with E-state index in [2.05, 4.69) is 24.1 Å². The summed E-state index contributed by atoms with van der Waals surface area (Å²) in [5.74, 6) is 1.02. The van der Waals surface area contributed by atoms with Crippen LogP contribution in [-0.2, 0) is 5.54 Å². The van der Waals surface area contributed by atoms with Crippen LogP contribution in [0.5, 0.6) is 0 Å². The number of anilines is 1. The van der Waals surface area contributed by atoms with Gasteiger partial charge in [-0.3, -0.25) is 4.79 Å². The SMILES string of the molecule is CC(C)(CCCl)CNc1nccn(C(C)(C)C)c1=O. The molecule has 19 heavy (non-hydrogen) atoms. The highest BCUT2D eigenvalue weighted by molar-refractivity contribution is 6.17. The fraction of sp³-hybridized carbons (Fsp3) is 0.714. The third kappa shape index (κ3) is 4.53. The number of hydrogen-bond acceptors (Lipinski definition) is 3. The van der Waals surface area contributed by atoms with Gasteiger partial charge in [0, 0.05) is 30.4 Å². The van der Waals surface area contributed by atoms with Crippen molar-refractivity contribution >= 4 is 17.4 Å². The van der Waals surface area contributed by atoms with Gasteiger partial charge < -0.3 is 9.88 Å². The molecular weight excluding hydrogens is 262 g/mol. The van der Waals surface area contributed by atoms with Crippen molar-refractivity contribution in [2.45, 2.75) is 46.6 Å². The lowest BCUT2D eigenvalue weighted by Gasteiger charge is -2.25. The molecule has 0 aliphatic heterocycles. The first kappa shape index (κ1) is 16.0. The summed E-state index contributed by atoms with van der Waals surface area (Å²) in [7, 11) is 0. The van der Waals surface area contributed by atoms with Crippen LogP contribution < -0.4 is 10.9 Å². The summed E-state index contributed by atoms with van der Waals surface area (Å²) >= 11 is 5.77. The van der Waals surface area contributed by atoms with Gasteiger partial charge in [0.05, 0.1) is 0 Å². The molecule has 0 aliphatic rings. The predicted molar refractivity (Wildman–Crippen MR) is 81.1 cm³/mol. The summed E-state index contributed by atoms with van der Waals surface area (Å²) in [5, 5.41) is 3.15. The molecule has 1 rings (SSSR count). The summed E-state index contributed by atoms with van der Waals surface area (Å²) in [6.07, 6.45) is 4.27. The van der Waals surface area contributed by atoms with Gasteiger partial charge in [-0.1, -0.05) is 13.8 Å². The molecule has 0 bridgehead atoms. The summed E-state index contributed by atoms with van der Waals surface area (Å²) in [6, 6.07) is 0. The Bertz CT molecular complexity index is 474. The van der Waals surface area contributed by atoms with E-state index in [-0.39, 0.29) is 16.5 Å². The number of halogens is 1. The standard InChI is InChI=1S/C14H24ClN3O/c1-13(2,3)18-9-8-16-11(12(18)19)17-10-14(4,5)6-7-15/h8-9H,6-7,10H2,1-5H3,(H,16,17). The van der Waals surface area contributed by atoms with Crippen LogP contribution >= 0.6 is 11.6 Å². The Morgan fingerprint density at radius 1 is 1.32 bits per heavy atom. The first-order valence-corrected chi connectivity index (χ1v) is 7.09. The van der Waals surface area contributed by atoms with Crippen LogP contribution in [0.25, 0.3) is 0 Å². The smallest absolute Gasteiger partial charge is 0.293 e. The molecule has 0 aliphatic carbocycles. The van der Waals surface area contributed by atoms with Crippen molar-refractivity contribution in [3.05, 3.63) is 22.7 Å². The molecule has 1 aromatic rings. The molecule has 0 aromatic carbocycles. The second-order valence-corrected chi connectivity index (χ2v) is 6.96. The van der Waals surface area contributed by atoms with Gasteiger partial charge in [0.1, 0.15) is 0 Å². The van der Waals surface area contributed by atoms with Crippen LogP contribution in [0.1, 0.15) is 41.0 Å². The average Bonchev–Trinajstić information content (AvgIpc) is 2.26. The monoisotopic (exact) mass is 285 g/mol. The largest absolute Gasteiger partial charge is 0.365 e. The zero-order valence-electron chi connectivity index (χ0n) is 12.5. The molecule has 1 N–H and O–H groups in total. The van der Waals surface area contributed by atoms with E-state index in [1.54, 1.807) is 17.0 Å². The molecule has 1 heterocycles. The second kappa shape index (κ2) is 5.95. The van der Waals surface area contributed by atoms with Crippen LogP contribution in [0.4, 0.5) is 5.82 Å². The molecule has 108 valence electrons. The van der Waals surface area contributed by atoms with Gasteiger partial charge in [0.25, 0.3) is 5.56 Å². The van der Waals surface area contributed by atoms with Gasteiger partial charge in [-0.15, -0.1) is 11.6 Å². The normalized spacial score (nSPS) is 12.5. The fourth-order valence-electron chi connectivity index (χ4n) is 1.73.